The molecule has 7 heteroatoms. The van der Waals surface area contributed by atoms with Crippen molar-refractivity contribution in [3.63, 3.8) is 0 Å². The summed E-state index contributed by atoms with van der Waals surface area (Å²) in [6.45, 7) is 0. The van der Waals surface area contributed by atoms with Crippen molar-refractivity contribution in [2.24, 2.45) is 0 Å². The molecule has 19 heavy (non-hydrogen) atoms. The highest BCUT2D eigenvalue weighted by Gasteiger charge is 2.08. The summed E-state index contributed by atoms with van der Waals surface area (Å²) in [5.41, 5.74) is 0.0874. The predicted molar refractivity (Wildman–Crippen MR) is 67.3 cm³/mol. The van der Waals surface area contributed by atoms with Gasteiger partial charge in [-0.2, -0.15) is 4.98 Å². The first-order chi connectivity index (χ1) is 9.19. The van der Waals surface area contributed by atoms with Crippen molar-refractivity contribution in [3.05, 3.63) is 35.0 Å². The van der Waals surface area contributed by atoms with E-state index in [9.17, 15) is 4.79 Å². The minimum absolute atomic E-state index is 0.0294. The minimum atomic E-state index is -0.487. The van der Waals surface area contributed by atoms with E-state index in [1.165, 1.54) is 25.1 Å². The van der Waals surface area contributed by atoms with Gasteiger partial charge in [0.1, 0.15) is 6.33 Å². The number of hydrogen-bond donors (Lipinski definition) is 0. The van der Waals surface area contributed by atoms with E-state index in [0.717, 1.165) is 0 Å². The molecule has 2 aromatic rings. The van der Waals surface area contributed by atoms with Crippen molar-refractivity contribution in [1.29, 1.82) is 0 Å². The average molecular weight is 263 g/mol. The van der Waals surface area contributed by atoms with Crippen LogP contribution in [-0.4, -0.2) is 35.9 Å². The maximum absolute atomic E-state index is 11.8. The molecule has 1 aromatic heterocycles. The highest BCUT2D eigenvalue weighted by molar-refractivity contribution is 5.48. The van der Waals surface area contributed by atoms with Gasteiger partial charge in [0.25, 0.3) is 0 Å². The Morgan fingerprint density at radius 2 is 1.79 bits per heavy atom. The molecule has 7 nitrogen and oxygen atoms in total. The molecule has 0 atom stereocenters. The molecular formula is C12H13N3O4. The van der Waals surface area contributed by atoms with Crippen LogP contribution in [0.5, 0.6) is 17.5 Å². The first-order valence-electron chi connectivity index (χ1n) is 5.41. The first kappa shape index (κ1) is 12.9. The second kappa shape index (κ2) is 5.38. The van der Waals surface area contributed by atoms with E-state index in [0.29, 0.717) is 17.2 Å². The van der Waals surface area contributed by atoms with Gasteiger partial charge in [-0.3, -0.25) is 4.57 Å². The summed E-state index contributed by atoms with van der Waals surface area (Å²) in [4.78, 5) is 19.4. The summed E-state index contributed by atoms with van der Waals surface area (Å²) in [6, 6.07) is 5.10. The van der Waals surface area contributed by atoms with Crippen LogP contribution in [0.3, 0.4) is 0 Å². The smallest absolute Gasteiger partial charge is 0.358 e. The Morgan fingerprint density at radius 1 is 1.05 bits per heavy atom. The molecule has 0 spiro atoms. The van der Waals surface area contributed by atoms with Crippen LogP contribution in [0.4, 0.5) is 0 Å². The Bertz CT molecular complexity index is 639. The van der Waals surface area contributed by atoms with Crippen molar-refractivity contribution in [1.82, 2.24) is 14.5 Å². The molecule has 1 aromatic carbocycles. The van der Waals surface area contributed by atoms with Crippen molar-refractivity contribution in [2.45, 2.75) is 0 Å². The summed E-state index contributed by atoms with van der Waals surface area (Å²) in [5, 5.41) is 0. The number of methoxy groups -OCH3 is 3. The zero-order valence-corrected chi connectivity index (χ0v) is 10.8. The van der Waals surface area contributed by atoms with E-state index < -0.39 is 5.69 Å². The number of benzene rings is 1. The lowest BCUT2D eigenvalue weighted by Crippen LogP contribution is -2.22. The molecule has 0 aliphatic heterocycles. The summed E-state index contributed by atoms with van der Waals surface area (Å²) in [5.74, 6) is 1.09. The minimum Gasteiger partial charge on any atom is -0.493 e. The Labute approximate surface area is 109 Å². The topological polar surface area (TPSA) is 75.5 Å². The molecular weight excluding hydrogens is 250 g/mol. The average Bonchev–Trinajstić information content (AvgIpc) is 2.46. The van der Waals surface area contributed by atoms with E-state index in [4.69, 9.17) is 14.2 Å². The molecule has 0 aliphatic carbocycles. The fraction of sp³-hybridized carbons (Fsp3) is 0.250. The van der Waals surface area contributed by atoms with Crippen LogP contribution in [0.1, 0.15) is 0 Å². The van der Waals surface area contributed by atoms with Crippen LogP contribution < -0.4 is 19.9 Å². The van der Waals surface area contributed by atoms with E-state index in [1.807, 2.05) is 0 Å². The van der Waals surface area contributed by atoms with Crippen LogP contribution in [0.25, 0.3) is 5.69 Å². The molecule has 0 fully saturated rings. The van der Waals surface area contributed by atoms with Gasteiger partial charge >= 0.3 is 11.7 Å². The fourth-order valence-electron chi connectivity index (χ4n) is 1.57. The zero-order chi connectivity index (χ0) is 13.8. The van der Waals surface area contributed by atoms with Gasteiger partial charge in [0, 0.05) is 6.07 Å². The van der Waals surface area contributed by atoms with Crippen LogP contribution in [-0.2, 0) is 0 Å². The van der Waals surface area contributed by atoms with Crippen LogP contribution in [0.2, 0.25) is 0 Å². The molecule has 0 aliphatic rings. The quantitative estimate of drug-likeness (QED) is 0.806. The van der Waals surface area contributed by atoms with Gasteiger partial charge < -0.3 is 14.2 Å². The molecule has 0 N–H and O–H groups in total. The number of ether oxygens (including phenoxy) is 3. The van der Waals surface area contributed by atoms with Crippen LogP contribution in [0, 0.1) is 0 Å². The standard InChI is InChI=1S/C12H13N3O4/c1-17-9-5-4-8(6-10(9)18-2)15-7-13-11(19-3)14-12(15)16/h4-7H,1-3H3. The molecule has 0 radical (unpaired) electrons. The maximum atomic E-state index is 11.8. The summed E-state index contributed by atoms with van der Waals surface area (Å²) in [6.07, 6.45) is 1.34. The third-order valence-electron chi connectivity index (χ3n) is 2.51. The lowest BCUT2D eigenvalue weighted by molar-refractivity contribution is 0.354. The van der Waals surface area contributed by atoms with Crippen molar-refractivity contribution in [2.75, 3.05) is 21.3 Å². The van der Waals surface area contributed by atoms with Crippen molar-refractivity contribution < 1.29 is 14.2 Å². The lowest BCUT2D eigenvalue weighted by Gasteiger charge is -2.10. The van der Waals surface area contributed by atoms with Gasteiger partial charge in [0.2, 0.25) is 0 Å². The highest BCUT2D eigenvalue weighted by Crippen LogP contribution is 2.28. The van der Waals surface area contributed by atoms with E-state index in [-0.39, 0.29) is 6.01 Å². The number of hydrogen-bond acceptors (Lipinski definition) is 6. The van der Waals surface area contributed by atoms with Gasteiger partial charge in [-0.1, -0.05) is 0 Å². The van der Waals surface area contributed by atoms with Crippen LogP contribution >= 0.6 is 0 Å². The third kappa shape index (κ3) is 2.49. The Hall–Kier alpha value is -2.57. The SMILES string of the molecule is COc1ncn(-c2ccc(OC)c(OC)c2)c(=O)n1. The predicted octanol–water partition coefficient (Wildman–Crippen LogP) is 0.653. The van der Waals surface area contributed by atoms with E-state index >= 15 is 0 Å². The number of rotatable bonds is 4. The maximum Gasteiger partial charge on any atom is 0.358 e. The highest BCUT2D eigenvalue weighted by atomic mass is 16.5. The first-order valence-corrected chi connectivity index (χ1v) is 5.41. The molecule has 0 saturated heterocycles. The summed E-state index contributed by atoms with van der Waals surface area (Å²) >= 11 is 0. The number of aromatic nitrogens is 3. The van der Waals surface area contributed by atoms with E-state index in [1.54, 1.807) is 25.3 Å². The molecule has 0 saturated carbocycles. The summed E-state index contributed by atoms with van der Waals surface area (Å²) in [7, 11) is 4.46. The third-order valence-corrected chi connectivity index (χ3v) is 2.51. The number of nitrogens with zero attached hydrogens (tertiary/aromatic N) is 3. The monoisotopic (exact) mass is 263 g/mol. The second-order valence-corrected chi connectivity index (χ2v) is 3.53. The van der Waals surface area contributed by atoms with Gasteiger partial charge in [-0.25, -0.2) is 4.79 Å². The van der Waals surface area contributed by atoms with E-state index in [2.05, 4.69) is 9.97 Å². The largest absolute Gasteiger partial charge is 0.493 e. The Kier molecular flexibility index (Phi) is 3.65. The molecule has 2 rings (SSSR count). The zero-order valence-electron chi connectivity index (χ0n) is 10.8. The Morgan fingerprint density at radius 3 is 2.37 bits per heavy atom. The molecule has 0 unspecified atom stereocenters. The van der Waals surface area contributed by atoms with Crippen molar-refractivity contribution in [3.8, 4) is 23.2 Å². The van der Waals surface area contributed by atoms with Gasteiger partial charge in [-0.05, 0) is 12.1 Å². The summed E-state index contributed by atoms with van der Waals surface area (Å²) < 4.78 is 16.4. The van der Waals surface area contributed by atoms with Crippen molar-refractivity contribution >= 4 is 0 Å². The lowest BCUT2D eigenvalue weighted by atomic mass is 10.2. The second-order valence-electron chi connectivity index (χ2n) is 3.53. The Balaban J connectivity index is 2.50. The molecule has 0 amide bonds. The van der Waals surface area contributed by atoms with Crippen LogP contribution in [0.15, 0.2) is 29.3 Å². The van der Waals surface area contributed by atoms with Gasteiger partial charge in [-0.15, -0.1) is 4.98 Å². The molecule has 0 bridgehead atoms. The molecule has 100 valence electrons. The normalized spacial score (nSPS) is 10.1. The molecule has 1 heterocycles. The van der Waals surface area contributed by atoms with Gasteiger partial charge in [0.15, 0.2) is 11.5 Å². The van der Waals surface area contributed by atoms with Gasteiger partial charge in [0.05, 0.1) is 27.0 Å². The fourth-order valence-corrected chi connectivity index (χ4v) is 1.57.